The number of carbonyl (C=O) groups excluding carboxylic acids is 2. The van der Waals surface area contributed by atoms with E-state index in [0.29, 0.717) is 12.8 Å². The first-order valence-corrected chi connectivity index (χ1v) is 14.6. The Balaban J connectivity index is -0.000000204. The highest BCUT2D eigenvalue weighted by Crippen LogP contribution is 2.04. The second-order valence-electron chi connectivity index (χ2n) is 8.85. The Kier molecular flexibility index (Phi) is 41.6. The second kappa shape index (κ2) is 37.4. The summed E-state index contributed by atoms with van der Waals surface area (Å²) in [5.74, 6) is 0.489. The molecule has 4 nitrogen and oxygen atoms in total. The molecule has 0 bridgehead atoms. The van der Waals surface area contributed by atoms with Crippen molar-refractivity contribution in [1.82, 2.24) is 0 Å². The molecule has 0 aliphatic carbocycles. The van der Waals surface area contributed by atoms with Crippen LogP contribution in [0, 0.1) is 0 Å². The number of ketones is 2. The van der Waals surface area contributed by atoms with Gasteiger partial charge in [0.25, 0.3) is 0 Å². The van der Waals surface area contributed by atoms with E-state index in [9.17, 15) is 9.59 Å². The van der Waals surface area contributed by atoms with Gasteiger partial charge in [-0.05, 0) is 76.6 Å². The van der Waals surface area contributed by atoms with Gasteiger partial charge in [-0.25, -0.2) is 0 Å². The zero-order valence-corrected chi connectivity index (χ0v) is 26.7. The molecule has 4 heteroatoms. The van der Waals surface area contributed by atoms with E-state index < -0.39 is 0 Å². The van der Waals surface area contributed by atoms with Crippen LogP contribution in [0.15, 0.2) is 73.4 Å². The van der Waals surface area contributed by atoms with Gasteiger partial charge in [0.15, 0.2) is 5.78 Å². The molecule has 0 saturated carbocycles. The van der Waals surface area contributed by atoms with Crippen molar-refractivity contribution in [2.75, 3.05) is 18.9 Å². The SMILES string of the molecule is C/C=C(C)/C=C\C(=O)CCCC.C=CCCC.C=CCCOCCC.CCC(C)=O.CCc1ccc(N)cc1. The van der Waals surface area contributed by atoms with E-state index in [1.165, 1.54) is 12.0 Å². The molecule has 39 heavy (non-hydrogen) atoms. The van der Waals surface area contributed by atoms with Gasteiger partial charge in [-0.15, -0.1) is 13.2 Å². The molecule has 2 N–H and O–H groups in total. The van der Waals surface area contributed by atoms with Crippen molar-refractivity contribution in [3.63, 3.8) is 0 Å². The maximum absolute atomic E-state index is 11.1. The van der Waals surface area contributed by atoms with E-state index in [1.807, 2.05) is 57.2 Å². The van der Waals surface area contributed by atoms with Crippen molar-refractivity contribution < 1.29 is 14.3 Å². The van der Waals surface area contributed by atoms with Gasteiger partial charge in [0.05, 0.1) is 0 Å². The zero-order valence-electron chi connectivity index (χ0n) is 26.7. The first kappa shape index (κ1) is 43.3. The van der Waals surface area contributed by atoms with Crippen molar-refractivity contribution in [3.05, 3.63) is 78.9 Å². The predicted molar refractivity (Wildman–Crippen MR) is 175 cm³/mol. The number of ether oxygens (including phenoxy) is 1. The summed E-state index contributed by atoms with van der Waals surface area (Å²) >= 11 is 0. The molecular weight excluding hydrogens is 482 g/mol. The van der Waals surface area contributed by atoms with Gasteiger partial charge in [-0.2, -0.15) is 0 Å². The smallest absolute Gasteiger partial charge is 0.155 e. The fourth-order valence-electron chi connectivity index (χ4n) is 2.13. The molecule has 0 spiro atoms. The van der Waals surface area contributed by atoms with Crippen LogP contribution in [0.4, 0.5) is 5.69 Å². The first-order chi connectivity index (χ1) is 18.6. The summed E-state index contributed by atoms with van der Waals surface area (Å²) in [6.07, 6.45) is 18.3. The van der Waals surface area contributed by atoms with Gasteiger partial charge < -0.3 is 15.3 Å². The van der Waals surface area contributed by atoms with Crippen molar-refractivity contribution in [1.29, 1.82) is 0 Å². The normalized spacial score (nSPS) is 9.79. The number of carbonyl (C=O) groups is 2. The highest BCUT2D eigenvalue weighted by Gasteiger charge is 1.93. The summed E-state index contributed by atoms with van der Waals surface area (Å²) in [7, 11) is 0. The lowest BCUT2D eigenvalue weighted by atomic mass is 10.1. The second-order valence-corrected chi connectivity index (χ2v) is 8.85. The molecule has 0 saturated heterocycles. The van der Waals surface area contributed by atoms with Crippen LogP contribution in [0.1, 0.15) is 112 Å². The van der Waals surface area contributed by atoms with Gasteiger partial charge in [0.1, 0.15) is 5.78 Å². The van der Waals surface area contributed by atoms with Crippen molar-refractivity contribution in [3.8, 4) is 0 Å². The molecule has 0 radical (unpaired) electrons. The summed E-state index contributed by atoms with van der Waals surface area (Å²) in [6, 6.07) is 7.96. The first-order valence-electron chi connectivity index (χ1n) is 14.6. The van der Waals surface area contributed by atoms with Crippen LogP contribution in [0.5, 0.6) is 0 Å². The van der Waals surface area contributed by atoms with Crippen molar-refractivity contribution >= 4 is 17.3 Å². The van der Waals surface area contributed by atoms with Crippen molar-refractivity contribution in [2.24, 2.45) is 0 Å². The fourth-order valence-corrected chi connectivity index (χ4v) is 2.13. The number of benzene rings is 1. The van der Waals surface area contributed by atoms with E-state index in [4.69, 9.17) is 10.5 Å². The van der Waals surface area contributed by atoms with Crippen LogP contribution in [0.25, 0.3) is 0 Å². The van der Waals surface area contributed by atoms with Crippen LogP contribution in [0.3, 0.4) is 0 Å². The number of anilines is 1. The standard InChI is InChI=1S/C11H18O.C8H11N.C7H14O.C5H10.C4H8O/c1-4-6-7-11(12)9-8-10(3)5-2;1-2-7-3-5-8(9)6-4-7;1-3-5-7-8-6-4-2;1-3-5-4-2;1-3-4(2)5/h5,8-9H,4,6-7H2,1-3H3;3-6H,2,9H2,1H3;3H,1,4-7H2,2H3;3H,1,4-5H2,2H3;3H2,1-2H3/b9-8-,10-5+;;;;. The van der Waals surface area contributed by atoms with Crippen LogP contribution in [0.2, 0.25) is 0 Å². The van der Waals surface area contributed by atoms with E-state index in [0.717, 1.165) is 63.0 Å². The maximum Gasteiger partial charge on any atom is 0.155 e. The van der Waals surface area contributed by atoms with Gasteiger partial charge in [-0.1, -0.05) is 89.5 Å². The average Bonchev–Trinajstić information content (AvgIpc) is 2.95. The molecule has 1 aromatic carbocycles. The monoisotopic (exact) mass is 543 g/mol. The molecule has 0 aromatic heterocycles. The number of allylic oxidation sites excluding steroid dienone is 5. The van der Waals surface area contributed by atoms with Gasteiger partial charge in [-0.3, -0.25) is 4.79 Å². The number of nitrogen functional groups attached to an aromatic ring is 1. The Morgan fingerprint density at radius 3 is 1.77 bits per heavy atom. The predicted octanol–water partition coefficient (Wildman–Crippen LogP) is 10.0. The van der Waals surface area contributed by atoms with Gasteiger partial charge in [0, 0.05) is 31.7 Å². The molecule has 0 amide bonds. The molecule has 0 aliphatic heterocycles. The molecule has 0 aliphatic rings. The Morgan fingerprint density at radius 2 is 1.41 bits per heavy atom. The zero-order chi connectivity index (χ0) is 30.7. The Hall–Kier alpha value is -2.72. The van der Waals surface area contributed by atoms with E-state index in [2.05, 4.69) is 53.0 Å². The number of nitrogens with two attached hydrogens (primary N) is 1. The number of aryl methyl sites for hydroxylation is 1. The minimum Gasteiger partial charge on any atom is -0.399 e. The molecule has 1 rings (SSSR count). The Bertz CT molecular complexity index is 746. The average molecular weight is 544 g/mol. The molecule has 1 aromatic rings. The number of hydrogen-bond donors (Lipinski definition) is 1. The van der Waals surface area contributed by atoms with Crippen LogP contribution >= 0.6 is 0 Å². The summed E-state index contributed by atoms with van der Waals surface area (Å²) in [5, 5.41) is 0. The topological polar surface area (TPSA) is 69.4 Å². The summed E-state index contributed by atoms with van der Waals surface area (Å²) in [5.41, 5.74) is 8.80. The van der Waals surface area contributed by atoms with Crippen LogP contribution in [-0.4, -0.2) is 24.8 Å². The Labute approximate surface area is 242 Å². The van der Waals surface area contributed by atoms with Crippen LogP contribution in [-0.2, 0) is 20.7 Å². The van der Waals surface area contributed by atoms with Crippen molar-refractivity contribution in [2.45, 2.75) is 113 Å². The lowest BCUT2D eigenvalue weighted by Gasteiger charge is -1.96. The van der Waals surface area contributed by atoms with E-state index in [1.54, 1.807) is 13.0 Å². The van der Waals surface area contributed by atoms with Crippen LogP contribution < -0.4 is 5.73 Å². The highest BCUT2D eigenvalue weighted by molar-refractivity contribution is 5.89. The third-order valence-corrected chi connectivity index (χ3v) is 4.96. The minimum atomic E-state index is 0.234. The molecule has 224 valence electrons. The molecule has 0 unspecified atom stereocenters. The molecule has 0 atom stereocenters. The quantitative estimate of drug-likeness (QED) is 0.0833. The van der Waals surface area contributed by atoms with E-state index >= 15 is 0 Å². The van der Waals surface area contributed by atoms with E-state index in [-0.39, 0.29) is 11.6 Å². The minimum absolute atomic E-state index is 0.234. The largest absolute Gasteiger partial charge is 0.399 e. The summed E-state index contributed by atoms with van der Waals surface area (Å²) in [4.78, 5) is 20.9. The lowest BCUT2D eigenvalue weighted by Crippen LogP contribution is -1.92. The van der Waals surface area contributed by atoms with Gasteiger partial charge in [0.2, 0.25) is 0 Å². The Morgan fingerprint density at radius 1 is 0.846 bits per heavy atom. The third-order valence-electron chi connectivity index (χ3n) is 4.96. The number of rotatable bonds is 14. The lowest BCUT2D eigenvalue weighted by molar-refractivity contribution is -0.117. The number of hydrogen-bond acceptors (Lipinski definition) is 4. The fraction of sp³-hybridized carbons (Fsp3) is 0.543. The molecule has 0 heterocycles. The summed E-state index contributed by atoms with van der Waals surface area (Å²) < 4.78 is 5.15. The maximum atomic E-state index is 11.1. The summed E-state index contributed by atoms with van der Waals surface area (Å²) in [6.45, 7) is 24.7. The van der Waals surface area contributed by atoms with Gasteiger partial charge >= 0.3 is 0 Å². The molecule has 0 fully saturated rings. The number of unbranched alkanes of at least 4 members (excludes halogenated alkanes) is 2. The third kappa shape index (κ3) is 45.6. The number of Topliss-reactive ketones (excluding diaryl/α,β-unsaturated/α-hetero) is 1. The molecular formula is C35H61NO3. The highest BCUT2D eigenvalue weighted by atomic mass is 16.5.